The fraction of sp³-hybridized carbons (Fsp3) is 0.562. The van der Waals surface area contributed by atoms with Crippen LogP contribution in [0.3, 0.4) is 0 Å². The zero-order valence-corrected chi connectivity index (χ0v) is 11.3. The van der Waals surface area contributed by atoms with Crippen molar-refractivity contribution in [2.24, 2.45) is 11.7 Å². The average molecular weight is 258 g/mol. The summed E-state index contributed by atoms with van der Waals surface area (Å²) in [6.07, 6.45) is 4.83. The third kappa shape index (κ3) is 2.66. The molecule has 3 nitrogen and oxygen atoms in total. The molecule has 0 radical (unpaired) electrons. The van der Waals surface area contributed by atoms with E-state index in [2.05, 4.69) is 29.2 Å². The molecule has 0 spiro atoms. The van der Waals surface area contributed by atoms with E-state index in [-0.39, 0.29) is 12.0 Å². The Hall–Kier alpha value is -1.35. The average Bonchev–Trinajstić information content (AvgIpc) is 2.74. The van der Waals surface area contributed by atoms with Gasteiger partial charge in [-0.3, -0.25) is 4.79 Å². The van der Waals surface area contributed by atoms with Crippen LogP contribution in [0.5, 0.6) is 0 Å². The van der Waals surface area contributed by atoms with E-state index in [0.29, 0.717) is 5.91 Å². The van der Waals surface area contributed by atoms with E-state index in [4.69, 9.17) is 5.73 Å². The molecule has 1 fully saturated rings. The van der Waals surface area contributed by atoms with E-state index in [1.54, 1.807) is 0 Å². The fourth-order valence-corrected chi connectivity index (χ4v) is 3.39. The molecule has 0 bridgehead atoms. The topological polar surface area (TPSA) is 46.3 Å². The molecule has 2 atom stereocenters. The lowest BCUT2D eigenvalue weighted by molar-refractivity contribution is -0.135. The maximum Gasteiger partial charge on any atom is 0.225 e. The summed E-state index contributed by atoms with van der Waals surface area (Å²) in [7, 11) is 0. The molecule has 3 rings (SSSR count). The zero-order valence-electron chi connectivity index (χ0n) is 11.3. The van der Waals surface area contributed by atoms with Gasteiger partial charge in [0.1, 0.15) is 0 Å². The molecule has 0 aromatic heterocycles. The highest BCUT2D eigenvalue weighted by molar-refractivity contribution is 5.79. The van der Waals surface area contributed by atoms with Crippen LogP contribution in [0.15, 0.2) is 24.3 Å². The molecule has 1 saturated carbocycles. The second kappa shape index (κ2) is 5.33. The first-order valence-corrected chi connectivity index (χ1v) is 7.35. The summed E-state index contributed by atoms with van der Waals surface area (Å²) in [5.41, 5.74) is 8.73. The second-order valence-corrected chi connectivity index (χ2v) is 5.86. The van der Waals surface area contributed by atoms with Crippen molar-refractivity contribution < 1.29 is 4.79 Å². The summed E-state index contributed by atoms with van der Waals surface area (Å²) in [4.78, 5) is 14.6. The lowest BCUT2D eigenvalue weighted by Gasteiger charge is -2.23. The van der Waals surface area contributed by atoms with Gasteiger partial charge in [-0.05, 0) is 43.2 Å². The van der Waals surface area contributed by atoms with Crippen molar-refractivity contribution >= 4 is 5.91 Å². The number of hydrogen-bond donors (Lipinski definition) is 1. The monoisotopic (exact) mass is 258 g/mol. The first-order valence-electron chi connectivity index (χ1n) is 7.35. The Labute approximate surface area is 114 Å². The van der Waals surface area contributed by atoms with Crippen LogP contribution in [0.4, 0.5) is 0 Å². The maximum absolute atomic E-state index is 12.5. The van der Waals surface area contributed by atoms with E-state index >= 15 is 0 Å². The quantitative estimate of drug-likeness (QED) is 0.834. The number of benzene rings is 1. The summed E-state index contributed by atoms with van der Waals surface area (Å²) in [6.45, 7) is 1.73. The molecule has 1 aromatic carbocycles. The van der Waals surface area contributed by atoms with Gasteiger partial charge in [-0.15, -0.1) is 0 Å². The van der Waals surface area contributed by atoms with Crippen molar-refractivity contribution in [2.75, 3.05) is 13.1 Å². The van der Waals surface area contributed by atoms with Gasteiger partial charge in [0.15, 0.2) is 0 Å². The van der Waals surface area contributed by atoms with Crippen molar-refractivity contribution in [3.8, 4) is 0 Å². The third-order valence-electron chi connectivity index (χ3n) is 4.55. The first kappa shape index (κ1) is 12.7. The Morgan fingerprint density at radius 3 is 2.26 bits per heavy atom. The van der Waals surface area contributed by atoms with Gasteiger partial charge in [0.2, 0.25) is 5.91 Å². The SMILES string of the molecule is NC1CCC(C(=O)N2CCc3ccccc3CC2)C1. The van der Waals surface area contributed by atoms with Crippen molar-refractivity contribution in [1.82, 2.24) is 4.90 Å². The van der Waals surface area contributed by atoms with Crippen molar-refractivity contribution in [3.05, 3.63) is 35.4 Å². The van der Waals surface area contributed by atoms with Crippen LogP contribution in [-0.4, -0.2) is 29.9 Å². The zero-order chi connectivity index (χ0) is 13.2. The van der Waals surface area contributed by atoms with Crippen molar-refractivity contribution in [3.63, 3.8) is 0 Å². The van der Waals surface area contributed by atoms with Gasteiger partial charge in [0, 0.05) is 25.0 Å². The Morgan fingerprint density at radius 2 is 1.74 bits per heavy atom. The minimum absolute atomic E-state index is 0.177. The van der Waals surface area contributed by atoms with E-state index in [1.807, 2.05) is 0 Å². The maximum atomic E-state index is 12.5. The summed E-state index contributed by atoms with van der Waals surface area (Å²) in [6, 6.07) is 8.79. The molecule has 1 aromatic rings. The summed E-state index contributed by atoms with van der Waals surface area (Å²) in [5, 5.41) is 0. The minimum Gasteiger partial charge on any atom is -0.342 e. The van der Waals surface area contributed by atoms with Gasteiger partial charge in [-0.2, -0.15) is 0 Å². The Kier molecular flexibility index (Phi) is 3.56. The van der Waals surface area contributed by atoms with E-state index in [0.717, 1.165) is 45.2 Å². The molecule has 2 N–H and O–H groups in total. The van der Waals surface area contributed by atoms with E-state index < -0.39 is 0 Å². The van der Waals surface area contributed by atoms with Crippen molar-refractivity contribution in [2.45, 2.75) is 38.1 Å². The predicted molar refractivity (Wildman–Crippen MR) is 75.7 cm³/mol. The summed E-state index contributed by atoms with van der Waals surface area (Å²) in [5.74, 6) is 0.511. The van der Waals surface area contributed by atoms with Gasteiger partial charge in [0.25, 0.3) is 0 Å². The molecule has 2 unspecified atom stereocenters. The molecule has 19 heavy (non-hydrogen) atoms. The Balaban J connectivity index is 1.67. The number of fused-ring (bicyclic) bond motifs is 1. The standard InChI is InChI=1S/C16H22N2O/c17-15-6-5-14(11-15)16(19)18-9-7-12-3-1-2-4-13(12)8-10-18/h1-4,14-15H,5-11,17H2. The van der Waals surface area contributed by atoms with Gasteiger partial charge in [0.05, 0.1) is 0 Å². The number of amides is 1. The largest absolute Gasteiger partial charge is 0.342 e. The number of nitrogens with zero attached hydrogens (tertiary/aromatic N) is 1. The van der Waals surface area contributed by atoms with Gasteiger partial charge >= 0.3 is 0 Å². The highest BCUT2D eigenvalue weighted by atomic mass is 16.2. The lowest BCUT2D eigenvalue weighted by atomic mass is 10.0. The molecule has 3 heteroatoms. The molecule has 2 aliphatic rings. The number of rotatable bonds is 1. The van der Waals surface area contributed by atoms with E-state index in [1.165, 1.54) is 11.1 Å². The third-order valence-corrected chi connectivity index (χ3v) is 4.55. The van der Waals surface area contributed by atoms with Crippen LogP contribution in [0.2, 0.25) is 0 Å². The van der Waals surface area contributed by atoms with Crippen molar-refractivity contribution in [1.29, 1.82) is 0 Å². The van der Waals surface area contributed by atoms with Crippen LogP contribution in [0.25, 0.3) is 0 Å². The molecular weight excluding hydrogens is 236 g/mol. The van der Waals surface area contributed by atoms with Gasteiger partial charge in [-0.1, -0.05) is 24.3 Å². The van der Waals surface area contributed by atoms with E-state index in [9.17, 15) is 4.79 Å². The minimum atomic E-state index is 0.177. The van der Waals surface area contributed by atoms with Gasteiger partial charge < -0.3 is 10.6 Å². The normalized spacial score (nSPS) is 26.9. The number of nitrogens with two attached hydrogens (primary N) is 1. The smallest absolute Gasteiger partial charge is 0.225 e. The highest BCUT2D eigenvalue weighted by Crippen LogP contribution is 2.27. The molecule has 102 valence electrons. The Bertz CT molecular complexity index is 445. The van der Waals surface area contributed by atoms with Crippen LogP contribution in [0.1, 0.15) is 30.4 Å². The number of carbonyl (C=O) groups excluding carboxylic acids is 1. The second-order valence-electron chi connectivity index (χ2n) is 5.86. The molecule has 1 amide bonds. The molecule has 1 aliphatic heterocycles. The fourth-order valence-electron chi connectivity index (χ4n) is 3.39. The molecule has 1 aliphatic carbocycles. The molecule has 1 heterocycles. The lowest BCUT2D eigenvalue weighted by Crippen LogP contribution is -2.37. The number of carbonyl (C=O) groups is 1. The number of hydrogen-bond acceptors (Lipinski definition) is 2. The molecule has 0 saturated heterocycles. The summed E-state index contributed by atoms with van der Waals surface area (Å²) < 4.78 is 0. The first-order chi connectivity index (χ1) is 9.24. The van der Waals surface area contributed by atoms with Crippen LogP contribution >= 0.6 is 0 Å². The van der Waals surface area contributed by atoms with Gasteiger partial charge in [-0.25, -0.2) is 0 Å². The predicted octanol–water partition coefficient (Wildman–Crippen LogP) is 1.74. The summed E-state index contributed by atoms with van der Waals surface area (Å²) >= 11 is 0. The molecular formula is C16H22N2O. The Morgan fingerprint density at radius 1 is 1.11 bits per heavy atom. The van der Waals surface area contributed by atoms with Crippen LogP contribution < -0.4 is 5.73 Å². The highest BCUT2D eigenvalue weighted by Gasteiger charge is 2.31. The van der Waals surface area contributed by atoms with Crippen LogP contribution in [0, 0.1) is 5.92 Å². The van der Waals surface area contributed by atoms with Crippen LogP contribution in [-0.2, 0) is 17.6 Å².